The van der Waals surface area contributed by atoms with E-state index >= 15 is 0 Å². The Morgan fingerprint density at radius 2 is 1.91 bits per heavy atom. The molecule has 0 atom stereocenters. The molecule has 5 heteroatoms. The Kier molecular flexibility index (Phi) is 3.12. The average molecular weight is 304 g/mol. The molecule has 4 aromatic rings. The number of para-hydroxylation sites is 1. The van der Waals surface area contributed by atoms with Gasteiger partial charge in [-0.15, -0.1) is 0 Å². The molecular formula is C18H16N4O. The van der Waals surface area contributed by atoms with E-state index in [0.717, 1.165) is 34.3 Å². The van der Waals surface area contributed by atoms with E-state index in [4.69, 9.17) is 4.42 Å². The Morgan fingerprint density at radius 3 is 2.70 bits per heavy atom. The number of nitrogens with one attached hydrogen (secondary N) is 1. The highest BCUT2D eigenvalue weighted by molar-refractivity contribution is 5.77. The molecule has 114 valence electrons. The molecule has 5 nitrogen and oxygen atoms in total. The first kappa shape index (κ1) is 13.6. The van der Waals surface area contributed by atoms with Crippen LogP contribution < -0.4 is 5.32 Å². The highest BCUT2D eigenvalue weighted by Crippen LogP contribution is 2.32. The smallest absolute Gasteiger partial charge is 0.236 e. The lowest BCUT2D eigenvalue weighted by Gasteiger charge is -2.10. The summed E-state index contributed by atoms with van der Waals surface area (Å²) in [6.45, 7) is 3.99. The molecule has 0 saturated heterocycles. The molecule has 0 aliphatic rings. The summed E-state index contributed by atoms with van der Waals surface area (Å²) in [4.78, 5) is 8.95. The zero-order chi connectivity index (χ0) is 15.8. The van der Waals surface area contributed by atoms with Gasteiger partial charge in [-0.25, -0.2) is 9.97 Å². The van der Waals surface area contributed by atoms with E-state index in [1.165, 1.54) is 0 Å². The van der Waals surface area contributed by atoms with Crippen LogP contribution in [-0.2, 0) is 0 Å². The second-order valence-electron chi connectivity index (χ2n) is 5.45. The third-order valence-corrected chi connectivity index (χ3v) is 3.78. The van der Waals surface area contributed by atoms with Crippen molar-refractivity contribution in [2.45, 2.75) is 13.8 Å². The molecule has 0 aliphatic carbocycles. The van der Waals surface area contributed by atoms with E-state index in [0.29, 0.717) is 5.78 Å². The summed E-state index contributed by atoms with van der Waals surface area (Å²) in [6, 6.07) is 13.9. The number of furan rings is 1. The molecule has 1 aromatic carbocycles. The van der Waals surface area contributed by atoms with Crippen LogP contribution in [0.15, 0.2) is 59.3 Å². The number of fused-ring (bicyclic) bond motifs is 1. The van der Waals surface area contributed by atoms with Gasteiger partial charge in [0.2, 0.25) is 5.78 Å². The molecular weight excluding hydrogens is 288 g/mol. The van der Waals surface area contributed by atoms with E-state index < -0.39 is 0 Å². The van der Waals surface area contributed by atoms with Crippen LogP contribution in [-0.4, -0.2) is 14.4 Å². The summed E-state index contributed by atoms with van der Waals surface area (Å²) in [5.74, 6) is 3.06. The standard InChI is InChI=1S/C18H16N4O/c1-12-6-3-4-7-14(12)20-17-16(15-9-8-13(2)23-15)21-18-19-10-5-11-22(17)18/h3-11,20H,1-2H3. The maximum atomic E-state index is 5.76. The van der Waals surface area contributed by atoms with E-state index in [1.807, 2.05) is 53.9 Å². The van der Waals surface area contributed by atoms with Gasteiger partial charge in [-0.3, -0.25) is 4.40 Å². The highest BCUT2D eigenvalue weighted by Gasteiger charge is 2.18. The summed E-state index contributed by atoms with van der Waals surface area (Å²) < 4.78 is 7.69. The third-order valence-electron chi connectivity index (χ3n) is 3.78. The summed E-state index contributed by atoms with van der Waals surface area (Å²) in [5, 5.41) is 3.47. The summed E-state index contributed by atoms with van der Waals surface area (Å²) in [7, 11) is 0. The Labute approximate surface area is 133 Å². The van der Waals surface area contributed by atoms with Crippen molar-refractivity contribution in [1.82, 2.24) is 14.4 Å². The quantitative estimate of drug-likeness (QED) is 0.611. The second-order valence-corrected chi connectivity index (χ2v) is 5.45. The lowest BCUT2D eigenvalue weighted by molar-refractivity contribution is 0.547. The maximum Gasteiger partial charge on any atom is 0.236 e. The van der Waals surface area contributed by atoms with Crippen molar-refractivity contribution < 1.29 is 4.42 Å². The van der Waals surface area contributed by atoms with Crippen molar-refractivity contribution in [1.29, 1.82) is 0 Å². The second kappa shape index (κ2) is 5.28. The van der Waals surface area contributed by atoms with Gasteiger partial charge in [0, 0.05) is 18.1 Å². The van der Waals surface area contributed by atoms with Crippen molar-refractivity contribution in [2.24, 2.45) is 0 Å². The fourth-order valence-corrected chi connectivity index (χ4v) is 2.58. The molecule has 0 radical (unpaired) electrons. The Morgan fingerprint density at radius 1 is 1.04 bits per heavy atom. The van der Waals surface area contributed by atoms with E-state index in [2.05, 4.69) is 28.3 Å². The van der Waals surface area contributed by atoms with Gasteiger partial charge in [-0.2, -0.15) is 0 Å². The van der Waals surface area contributed by atoms with Crippen molar-refractivity contribution >= 4 is 17.3 Å². The normalized spacial score (nSPS) is 11.0. The number of aryl methyl sites for hydroxylation is 2. The van der Waals surface area contributed by atoms with Crippen LogP contribution in [0.3, 0.4) is 0 Å². The van der Waals surface area contributed by atoms with Gasteiger partial charge >= 0.3 is 0 Å². The third kappa shape index (κ3) is 2.36. The zero-order valence-corrected chi connectivity index (χ0v) is 12.9. The molecule has 0 aliphatic heterocycles. The molecule has 0 fully saturated rings. The van der Waals surface area contributed by atoms with E-state index in [-0.39, 0.29) is 0 Å². The van der Waals surface area contributed by atoms with Crippen LogP contribution in [0.5, 0.6) is 0 Å². The molecule has 4 rings (SSSR count). The molecule has 3 heterocycles. The number of benzene rings is 1. The van der Waals surface area contributed by atoms with Crippen molar-refractivity contribution in [3.8, 4) is 11.5 Å². The van der Waals surface area contributed by atoms with E-state index in [1.54, 1.807) is 6.20 Å². The molecule has 0 unspecified atom stereocenters. The lowest BCUT2D eigenvalue weighted by Crippen LogP contribution is -1.98. The van der Waals surface area contributed by atoms with Gasteiger partial charge < -0.3 is 9.73 Å². The molecule has 0 amide bonds. The van der Waals surface area contributed by atoms with Crippen LogP contribution in [0.1, 0.15) is 11.3 Å². The molecule has 1 N–H and O–H groups in total. The predicted molar refractivity (Wildman–Crippen MR) is 89.9 cm³/mol. The predicted octanol–water partition coefficient (Wildman–Crippen LogP) is 4.35. The van der Waals surface area contributed by atoms with Crippen molar-refractivity contribution in [3.63, 3.8) is 0 Å². The van der Waals surface area contributed by atoms with Gasteiger partial charge in [0.1, 0.15) is 11.6 Å². The van der Waals surface area contributed by atoms with Gasteiger partial charge in [0.05, 0.1) is 0 Å². The minimum atomic E-state index is 0.632. The van der Waals surface area contributed by atoms with Crippen LogP contribution in [0.25, 0.3) is 17.2 Å². The fraction of sp³-hybridized carbons (Fsp3) is 0.111. The maximum absolute atomic E-state index is 5.76. The summed E-state index contributed by atoms with van der Waals surface area (Å²) in [6.07, 6.45) is 3.67. The number of hydrogen-bond acceptors (Lipinski definition) is 4. The van der Waals surface area contributed by atoms with Crippen LogP contribution in [0.2, 0.25) is 0 Å². The Hall–Kier alpha value is -3.08. The molecule has 23 heavy (non-hydrogen) atoms. The van der Waals surface area contributed by atoms with Crippen LogP contribution >= 0.6 is 0 Å². The number of rotatable bonds is 3. The van der Waals surface area contributed by atoms with E-state index in [9.17, 15) is 0 Å². The number of hydrogen-bond donors (Lipinski definition) is 1. The van der Waals surface area contributed by atoms with Crippen LogP contribution in [0.4, 0.5) is 11.5 Å². The minimum Gasteiger partial charge on any atom is -0.460 e. The summed E-state index contributed by atoms with van der Waals surface area (Å²) in [5.41, 5.74) is 2.94. The molecule has 0 spiro atoms. The minimum absolute atomic E-state index is 0.632. The number of aromatic nitrogens is 3. The summed E-state index contributed by atoms with van der Waals surface area (Å²) >= 11 is 0. The first-order chi connectivity index (χ1) is 11.2. The highest BCUT2D eigenvalue weighted by atomic mass is 16.3. The lowest BCUT2D eigenvalue weighted by atomic mass is 10.2. The van der Waals surface area contributed by atoms with Crippen molar-refractivity contribution in [3.05, 3.63) is 66.2 Å². The van der Waals surface area contributed by atoms with Gasteiger partial charge in [-0.05, 0) is 43.7 Å². The van der Waals surface area contributed by atoms with Crippen molar-refractivity contribution in [2.75, 3.05) is 5.32 Å². The number of imidazole rings is 1. The largest absolute Gasteiger partial charge is 0.460 e. The molecule has 3 aromatic heterocycles. The molecule has 0 saturated carbocycles. The zero-order valence-electron chi connectivity index (χ0n) is 12.9. The van der Waals surface area contributed by atoms with Crippen LogP contribution in [0, 0.1) is 13.8 Å². The fourth-order valence-electron chi connectivity index (χ4n) is 2.58. The first-order valence-corrected chi connectivity index (χ1v) is 7.45. The van der Waals surface area contributed by atoms with Gasteiger partial charge in [-0.1, -0.05) is 18.2 Å². The monoisotopic (exact) mass is 304 g/mol. The van der Waals surface area contributed by atoms with Gasteiger partial charge in [0.25, 0.3) is 0 Å². The SMILES string of the molecule is Cc1ccc(-c2nc3ncccn3c2Nc2ccccc2C)o1. The Balaban J connectivity index is 1.91. The first-order valence-electron chi connectivity index (χ1n) is 7.45. The van der Waals surface area contributed by atoms with Gasteiger partial charge in [0.15, 0.2) is 11.5 Å². The number of nitrogens with zero attached hydrogens (tertiary/aromatic N) is 3. The average Bonchev–Trinajstić information content (AvgIpc) is 3.14. The Bertz CT molecular complexity index is 984. The number of anilines is 2. The topological polar surface area (TPSA) is 55.4 Å². The molecule has 0 bridgehead atoms.